The van der Waals surface area contributed by atoms with Crippen molar-refractivity contribution in [3.63, 3.8) is 0 Å². The van der Waals surface area contributed by atoms with Crippen LogP contribution >= 0.6 is 11.6 Å². The number of anilines is 1. The summed E-state index contributed by atoms with van der Waals surface area (Å²) in [5.74, 6) is 2.02. The van der Waals surface area contributed by atoms with Gasteiger partial charge in [-0.3, -0.25) is 0 Å². The van der Waals surface area contributed by atoms with Crippen LogP contribution in [0.3, 0.4) is 0 Å². The third kappa shape index (κ3) is 3.78. The summed E-state index contributed by atoms with van der Waals surface area (Å²) in [5.41, 5.74) is 0.864. The van der Waals surface area contributed by atoms with Gasteiger partial charge in [-0.15, -0.1) is 0 Å². The zero-order valence-electron chi connectivity index (χ0n) is 13.6. The second-order valence-corrected chi connectivity index (χ2v) is 6.42. The third-order valence-electron chi connectivity index (χ3n) is 4.26. The van der Waals surface area contributed by atoms with Crippen molar-refractivity contribution in [1.82, 2.24) is 20.1 Å². The molecule has 0 spiro atoms. The molecule has 0 radical (unpaired) electrons. The van der Waals surface area contributed by atoms with Gasteiger partial charge in [0, 0.05) is 23.0 Å². The Morgan fingerprint density at radius 1 is 1.12 bits per heavy atom. The lowest BCUT2D eigenvalue weighted by molar-refractivity contribution is -0.915. The molecule has 7 nitrogen and oxygen atoms in total. The molecule has 0 unspecified atom stereocenters. The van der Waals surface area contributed by atoms with E-state index in [1.807, 2.05) is 30.3 Å². The van der Waals surface area contributed by atoms with Crippen LogP contribution in [-0.4, -0.2) is 46.3 Å². The van der Waals surface area contributed by atoms with Gasteiger partial charge in [-0.25, -0.2) is 9.97 Å². The lowest BCUT2D eigenvalue weighted by Crippen LogP contribution is -3.13. The van der Waals surface area contributed by atoms with E-state index in [4.69, 9.17) is 16.1 Å². The molecule has 1 aliphatic rings. The Balaban J connectivity index is 1.36. The van der Waals surface area contributed by atoms with Crippen molar-refractivity contribution in [3.05, 3.63) is 53.6 Å². The van der Waals surface area contributed by atoms with Crippen LogP contribution in [0.1, 0.15) is 5.89 Å². The van der Waals surface area contributed by atoms with E-state index < -0.39 is 0 Å². The maximum absolute atomic E-state index is 6.02. The molecule has 1 saturated heterocycles. The second-order valence-electron chi connectivity index (χ2n) is 5.98. The van der Waals surface area contributed by atoms with Crippen molar-refractivity contribution in [2.24, 2.45) is 0 Å². The van der Waals surface area contributed by atoms with E-state index in [2.05, 4.69) is 25.0 Å². The fourth-order valence-corrected chi connectivity index (χ4v) is 3.13. The van der Waals surface area contributed by atoms with Gasteiger partial charge < -0.3 is 14.3 Å². The van der Waals surface area contributed by atoms with Crippen molar-refractivity contribution < 1.29 is 9.42 Å². The Morgan fingerprint density at radius 3 is 2.68 bits per heavy atom. The first-order valence-corrected chi connectivity index (χ1v) is 8.60. The van der Waals surface area contributed by atoms with E-state index in [0.29, 0.717) is 16.7 Å². The molecule has 8 heteroatoms. The fourth-order valence-electron chi connectivity index (χ4n) is 2.94. The van der Waals surface area contributed by atoms with E-state index in [-0.39, 0.29) is 0 Å². The first-order chi connectivity index (χ1) is 12.3. The van der Waals surface area contributed by atoms with E-state index >= 15 is 0 Å². The average Bonchev–Trinajstić information content (AvgIpc) is 3.12. The topological polar surface area (TPSA) is 72.4 Å². The maximum Gasteiger partial charge on any atom is 0.282 e. The zero-order valence-corrected chi connectivity index (χ0v) is 14.4. The summed E-state index contributed by atoms with van der Waals surface area (Å²) in [7, 11) is 0. The number of hydrogen-bond acceptors (Lipinski definition) is 6. The Morgan fingerprint density at radius 2 is 1.92 bits per heavy atom. The summed E-state index contributed by atoms with van der Waals surface area (Å²) in [6, 6.07) is 9.29. The number of nitrogens with one attached hydrogen (secondary N) is 1. The highest BCUT2D eigenvalue weighted by Crippen LogP contribution is 2.19. The van der Waals surface area contributed by atoms with Crippen molar-refractivity contribution in [2.45, 2.75) is 6.54 Å². The average molecular weight is 358 g/mol. The molecule has 0 saturated carbocycles. The molecule has 2 aromatic heterocycles. The molecule has 1 fully saturated rings. The molecule has 1 aromatic carbocycles. The highest BCUT2D eigenvalue weighted by atomic mass is 35.5. The molecule has 1 N–H and O–H groups in total. The largest absolute Gasteiger partial charge is 0.333 e. The quantitative estimate of drug-likeness (QED) is 0.753. The van der Waals surface area contributed by atoms with Gasteiger partial charge in [0.15, 0.2) is 6.54 Å². The minimum atomic E-state index is 0.577. The Labute approximate surface area is 150 Å². The molecule has 25 heavy (non-hydrogen) atoms. The van der Waals surface area contributed by atoms with Crippen LogP contribution in [0, 0.1) is 0 Å². The second kappa shape index (κ2) is 7.16. The van der Waals surface area contributed by atoms with Gasteiger partial charge in [0.1, 0.15) is 0 Å². The summed E-state index contributed by atoms with van der Waals surface area (Å²) in [4.78, 5) is 16.7. The Hall–Kier alpha value is -2.51. The van der Waals surface area contributed by atoms with Crippen LogP contribution in [-0.2, 0) is 6.54 Å². The van der Waals surface area contributed by atoms with Crippen molar-refractivity contribution in [1.29, 1.82) is 0 Å². The maximum atomic E-state index is 6.02. The smallest absolute Gasteiger partial charge is 0.282 e. The van der Waals surface area contributed by atoms with E-state index in [0.717, 1.165) is 44.2 Å². The molecule has 1 aliphatic heterocycles. The number of rotatable bonds is 4. The normalized spacial score (nSPS) is 15.5. The molecule has 3 aromatic rings. The number of aromatic nitrogens is 4. The molecule has 0 amide bonds. The van der Waals surface area contributed by atoms with E-state index in [1.54, 1.807) is 12.4 Å². The van der Waals surface area contributed by atoms with Crippen LogP contribution in [0.4, 0.5) is 5.95 Å². The minimum absolute atomic E-state index is 0.577. The van der Waals surface area contributed by atoms with Gasteiger partial charge in [0.05, 0.1) is 26.2 Å². The van der Waals surface area contributed by atoms with Gasteiger partial charge in [-0.1, -0.05) is 28.9 Å². The highest BCUT2D eigenvalue weighted by molar-refractivity contribution is 6.30. The molecule has 3 heterocycles. The number of halogens is 1. The number of hydrogen-bond donors (Lipinski definition) is 1. The fraction of sp³-hybridized carbons (Fsp3) is 0.294. The molecule has 0 aliphatic carbocycles. The van der Waals surface area contributed by atoms with Crippen LogP contribution in [0.15, 0.2) is 47.2 Å². The highest BCUT2D eigenvalue weighted by Gasteiger charge is 2.23. The summed E-state index contributed by atoms with van der Waals surface area (Å²) >= 11 is 6.02. The van der Waals surface area contributed by atoms with Crippen molar-refractivity contribution in [3.8, 4) is 11.4 Å². The monoisotopic (exact) mass is 357 g/mol. The van der Waals surface area contributed by atoms with Crippen LogP contribution in [0.5, 0.6) is 0 Å². The van der Waals surface area contributed by atoms with Gasteiger partial charge in [-0.05, 0) is 18.2 Å². The number of quaternary nitrogens is 1. The Kier molecular flexibility index (Phi) is 4.58. The SMILES string of the molecule is Clc1cccc(-c2noc(C[NH+]3CCN(c4ncccn4)CC3)n2)c1. The van der Waals surface area contributed by atoms with E-state index in [9.17, 15) is 0 Å². The predicted octanol–water partition coefficient (Wildman–Crippen LogP) is 1.09. The summed E-state index contributed by atoms with van der Waals surface area (Å²) in [6.45, 7) is 4.50. The van der Waals surface area contributed by atoms with Crippen LogP contribution in [0.2, 0.25) is 5.02 Å². The lowest BCUT2D eigenvalue weighted by atomic mass is 10.2. The number of benzene rings is 1. The standard InChI is InChI=1S/C17H17ClN6O/c18-14-4-1-3-13(11-14)16-21-15(25-22-16)12-23-7-9-24(10-8-23)17-19-5-2-6-20-17/h1-6,11H,7-10,12H2/p+1. The van der Waals surface area contributed by atoms with Crippen LogP contribution < -0.4 is 9.80 Å². The van der Waals surface area contributed by atoms with Crippen LogP contribution in [0.25, 0.3) is 11.4 Å². The van der Waals surface area contributed by atoms with Gasteiger partial charge in [0.25, 0.3) is 5.89 Å². The first kappa shape index (κ1) is 16.0. The molecule has 128 valence electrons. The minimum Gasteiger partial charge on any atom is -0.333 e. The van der Waals surface area contributed by atoms with Crippen molar-refractivity contribution >= 4 is 17.5 Å². The summed E-state index contributed by atoms with van der Waals surface area (Å²) < 4.78 is 5.41. The predicted molar refractivity (Wildman–Crippen MR) is 93.4 cm³/mol. The molecular formula is C17H18ClN6O+. The molecule has 0 atom stereocenters. The number of nitrogens with zero attached hydrogens (tertiary/aromatic N) is 5. The van der Waals surface area contributed by atoms with Gasteiger partial charge in [0.2, 0.25) is 11.8 Å². The van der Waals surface area contributed by atoms with Gasteiger partial charge in [-0.2, -0.15) is 4.98 Å². The molecular weight excluding hydrogens is 340 g/mol. The zero-order chi connectivity index (χ0) is 17.1. The van der Waals surface area contributed by atoms with Gasteiger partial charge >= 0.3 is 0 Å². The van der Waals surface area contributed by atoms with Crippen molar-refractivity contribution in [2.75, 3.05) is 31.1 Å². The molecule has 0 bridgehead atoms. The lowest BCUT2D eigenvalue weighted by Gasteiger charge is -2.31. The summed E-state index contributed by atoms with van der Waals surface area (Å²) in [6.07, 6.45) is 3.55. The number of piperazine rings is 1. The third-order valence-corrected chi connectivity index (χ3v) is 4.49. The molecule has 4 rings (SSSR count). The Bertz CT molecular complexity index is 832. The van der Waals surface area contributed by atoms with E-state index in [1.165, 1.54) is 4.90 Å². The summed E-state index contributed by atoms with van der Waals surface area (Å²) in [5, 5.41) is 4.73. The first-order valence-electron chi connectivity index (χ1n) is 8.22.